The molecule has 8 heteroatoms. The Bertz CT molecular complexity index is 1410. The van der Waals surface area contributed by atoms with Gasteiger partial charge in [-0.1, -0.05) is 77.4 Å². The minimum atomic E-state index is -0.681. The highest BCUT2D eigenvalue weighted by molar-refractivity contribution is 8.03. The van der Waals surface area contributed by atoms with Crippen LogP contribution in [0.2, 0.25) is 10.0 Å². The minimum Gasteiger partial charge on any atom is -0.457 e. The first kappa shape index (κ1) is 26.6. The second-order valence-electron chi connectivity index (χ2n) is 8.28. The van der Waals surface area contributed by atoms with Crippen LogP contribution in [0, 0.1) is 11.3 Å². The number of nitriles is 1. The van der Waals surface area contributed by atoms with Gasteiger partial charge in [-0.2, -0.15) is 5.26 Å². The summed E-state index contributed by atoms with van der Waals surface area (Å²) in [5, 5.41) is 15.0. The Kier molecular flexibility index (Phi) is 8.73. The van der Waals surface area contributed by atoms with Crippen LogP contribution in [0.3, 0.4) is 0 Å². The SMILES string of the molecule is CC1=C(C(=O)OCc2ccccc2)[C@@H](c2ccc(Cl)cc2)C(C#N)=C(SCC(=O)c2ccc(Cl)cc2)N1. The number of hydrogen-bond donors (Lipinski definition) is 1. The summed E-state index contributed by atoms with van der Waals surface area (Å²) in [6, 6.07) is 25.3. The fraction of sp³-hybridized carbons (Fsp3) is 0.138. The van der Waals surface area contributed by atoms with Gasteiger partial charge in [-0.05, 0) is 54.4 Å². The van der Waals surface area contributed by atoms with Crippen molar-refractivity contribution in [1.29, 1.82) is 5.26 Å². The number of hydrogen-bond acceptors (Lipinski definition) is 6. The topological polar surface area (TPSA) is 79.2 Å². The molecular formula is C29H22Cl2N2O3S. The Morgan fingerprint density at radius 2 is 1.59 bits per heavy atom. The van der Waals surface area contributed by atoms with Gasteiger partial charge in [0, 0.05) is 21.3 Å². The lowest BCUT2D eigenvalue weighted by atomic mass is 9.82. The van der Waals surface area contributed by atoms with E-state index in [1.165, 1.54) is 11.8 Å². The van der Waals surface area contributed by atoms with Crippen molar-refractivity contribution in [2.24, 2.45) is 0 Å². The van der Waals surface area contributed by atoms with Gasteiger partial charge in [0.1, 0.15) is 6.61 Å². The Hall–Kier alpha value is -3.50. The zero-order valence-electron chi connectivity index (χ0n) is 19.8. The molecule has 1 atom stereocenters. The summed E-state index contributed by atoms with van der Waals surface area (Å²) in [7, 11) is 0. The van der Waals surface area contributed by atoms with Crippen molar-refractivity contribution in [1.82, 2.24) is 5.32 Å². The van der Waals surface area contributed by atoms with Gasteiger partial charge >= 0.3 is 5.97 Å². The number of esters is 1. The summed E-state index contributed by atoms with van der Waals surface area (Å²) in [5.74, 6) is -1.21. The van der Waals surface area contributed by atoms with Crippen molar-refractivity contribution in [2.45, 2.75) is 19.4 Å². The average molecular weight is 549 g/mol. The molecule has 5 nitrogen and oxygen atoms in total. The molecule has 0 amide bonds. The van der Waals surface area contributed by atoms with E-state index in [0.29, 0.717) is 37.5 Å². The minimum absolute atomic E-state index is 0.101. The maximum absolute atomic E-state index is 13.3. The van der Waals surface area contributed by atoms with Crippen molar-refractivity contribution in [3.05, 3.63) is 127 Å². The summed E-state index contributed by atoms with van der Waals surface area (Å²) in [5.41, 5.74) is 3.32. The number of benzene rings is 3. The molecule has 0 bridgehead atoms. The van der Waals surface area contributed by atoms with E-state index < -0.39 is 11.9 Å². The molecule has 1 aliphatic rings. The van der Waals surface area contributed by atoms with Gasteiger partial charge in [0.15, 0.2) is 5.78 Å². The zero-order valence-corrected chi connectivity index (χ0v) is 22.2. The molecule has 1 heterocycles. The van der Waals surface area contributed by atoms with Gasteiger partial charge in [-0.25, -0.2) is 4.79 Å². The van der Waals surface area contributed by atoms with E-state index in [4.69, 9.17) is 27.9 Å². The molecule has 4 rings (SSSR count). The summed E-state index contributed by atoms with van der Waals surface area (Å²) in [4.78, 5) is 26.1. The van der Waals surface area contributed by atoms with E-state index in [-0.39, 0.29) is 18.1 Å². The van der Waals surface area contributed by atoms with Crippen LogP contribution in [0.15, 0.2) is 101 Å². The first-order valence-electron chi connectivity index (χ1n) is 11.4. The number of carbonyl (C=O) groups excluding carboxylic acids is 2. The zero-order chi connectivity index (χ0) is 26.4. The number of nitrogens with zero attached hydrogens (tertiary/aromatic N) is 1. The van der Waals surface area contributed by atoms with Crippen LogP contribution in [0.1, 0.15) is 34.3 Å². The molecule has 0 saturated carbocycles. The number of ether oxygens (including phenoxy) is 1. The third kappa shape index (κ3) is 6.44. The summed E-state index contributed by atoms with van der Waals surface area (Å²) < 4.78 is 5.64. The molecular weight excluding hydrogens is 527 g/mol. The van der Waals surface area contributed by atoms with Gasteiger partial charge in [0.25, 0.3) is 0 Å². The lowest BCUT2D eigenvalue weighted by Crippen LogP contribution is -2.29. The smallest absolute Gasteiger partial charge is 0.337 e. The quantitative estimate of drug-likeness (QED) is 0.240. The standard InChI is InChI=1S/C29H22Cl2N2O3S/c1-18-26(29(35)36-16-19-5-3-2-4-6-19)27(21-9-13-23(31)14-10-21)24(15-32)28(33-18)37-17-25(34)20-7-11-22(30)12-8-20/h2-14,27,33H,16-17H2,1H3/t27-/m0/s1. The van der Waals surface area contributed by atoms with Crippen LogP contribution >= 0.6 is 35.0 Å². The maximum Gasteiger partial charge on any atom is 0.337 e. The fourth-order valence-corrected chi connectivity index (χ4v) is 5.18. The van der Waals surface area contributed by atoms with E-state index in [2.05, 4.69) is 11.4 Å². The number of Topliss-reactive ketones (excluding diaryl/α,β-unsaturated/α-hetero) is 1. The average Bonchev–Trinajstić information content (AvgIpc) is 2.91. The Morgan fingerprint density at radius 3 is 2.22 bits per heavy atom. The number of nitrogens with one attached hydrogen (secondary N) is 1. The van der Waals surface area contributed by atoms with Crippen LogP contribution in [0.4, 0.5) is 0 Å². The van der Waals surface area contributed by atoms with Crippen LogP contribution in [0.5, 0.6) is 0 Å². The van der Waals surface area contributed by atoms with Crippen LogP contribution in [-0.2, 0) is 16.1 Å². The summed E-state index contributed by atoms with van der Waals surface area (Å²) in [6.45, 7) is 1.87. The first-order valence-corrected chi connectivity index (χ1v) is 13.1. The molecule has 0 aliphatic carbocycles. The number of halogens is 2. The molecule has 186 valence electrons. The lowest BCUT2D eigenvalue weighted by molar-refractivity contribution is -0.140. The molecule has 1 N–H and O–H groups in total. The van der Waals surface area contributed by atoms with E-state index in [1.54, 1.807) is 55.5 Å². The second kappa shape index (κ2) is 12.2. The predicted molar refractivity (Wildman–Crippen MR) is 147 cm³/mol. The van der Waals surface area contributed by atoms with Crippen molar-refractivity contribution >= 4 is 46.7 Å². The van der Waals surface area contributed by atoms with Gasteiger partial charge in [-0.3, -0.25) is 4.79 Å². The van der Waals surface area contributed by atoms with Crippen molar-refractivity contribution in [3.63, 3.8) is 0 Å². The van der Waals surface area contributed by atoms with Crippen molar-refractivity contribution < 1.29 is 14.3 Å². The number of rotatable bonds is 8. The van der Waals surface area contributed by atoms with Gasteiger partial charge in [0.2, 0.25) is 0 Å². The Morgan fingerprint density at radius 1 is 0.973 bits per heavy atom. The molecule has 0 unspecified atom stereocenters. The predicted octanol–water partition coefficient (Wildman–Crippen LogP) is 7.05. The third-order valence-corrected chi connectivity index (χ3v) is 7.32. The van der Waals surface area contributed by atoms with Gasteiger partial charge in [0.05, 0.1) is 33.9 Å². The highest BCUT2D eigenvalue weighted by Crippen LogP contribution is 2.41. The molecule has 0 fully saturated rings. The normalized spacial score (nSPS) is 15.1. The van der Waals surface area contributed by atoms with Crippen LogP contribution < -0.4 is 5.32 Å². The van der Waals surface area contributed by atoms with Gasteiger partial charge in [-0.15, -0.1) is 0 Å². The molecule has 0 spiro atoms. The number of allylic oxidation sites excluding steroid dienone is 2. The fourth-order valence-electron chi connectivity index (χ4n) is 3.94. The molecule has 0 radical (unpaired) electrons. The molecule has 0 aromatic heterocycles. The second-order valence-corrected chi connectivity index (χ2v) is 10.1. The third-order valence-electron chi connectivity index (χ3n) is 5.80. The van der Waals surface area contributed by atoms with E-state index >= 15 is 0 Å². The van der Waals surface area contributed by atoms with Crippen LogP contribution in [-0.4, -0.2) is 17.5 Å². The monoisotopic (exact) mass is 548 g/mol. The molecule has 0 saturated heterocycles. The molecule has 1 aliphatic heterocycles. The lowest BCUT2D eigenvalue weighted by Gasteiger charge is -2.29. The largest absolute Gasteiger partial charge is 0.457 e. The Balaban J connectivity index is 1.63. The number of carbonyl (C=O) groups is 2. The molecule has 3 aromatic rings. The van der Waals surface area contributed by atoms with E-state index in [0.717, 1.165) is 11.1 Å². The van der Waals surface area contributed by atoms with Gasteiger partial charge < -0.3 is 10.1 Å². The number of dihydropyridines is 1. The highest BCUT2D eigenvalue weighted by atomic mass is 35.5. The van der Waals surface area contributed by atoms with Crippen molar-refractivity contribution in [2.75, 3.05) is 5.75 Å². The van der Waals surface area contributed by atoms with Crippen molar-refractivity contribution in [3.8, 4) is 6.07 Å². The van der Waals surface area contributed by atoms with E-state index in [9.17, 15) is 14.9 Å². The Labute approximate surface area is 229 Å². The number of thioether (sulfide) groups is 1. The molecule has 37 heavy (non-hydrogen) atoms. The summed E-state index contributed by atoms with van der Waals surface area (Å²) in [6.07, 6.45) is 0. The first-order chi connectivity index (χ1) is 17.9. The molecule has 3 aromatic carbocycles. The van der Waals surface area contributed by atoms with Crippen LogP contribution in [0.25, 0.3) is 0 Å². The van der Waals surface area contributed by atoms with E-state index in [1.807, 2.05) is 30.3 Å². The highest BCUT2D eigenvalue weighted by Gasteiger charge is 2.35. The number of ketones is 1. The summed E-state index contributed by atoms with van der Waals surface area (Å²) >= 11 is 13.3. The maximum atomic E-state index is 13.3.